The molecule has 1 aromatic rings. The molecule has 0 saturated heterocycles. The minimum Gasteiger partial charge on any atom is -0.495 e. The molecular weight excluding hydrogens is 286 g/mol. The topological polar surface area (TPSA) is 102 Å². The van der Waals surface area contributed by atoms with E-state index in [1.54, 1.807) is 6.92 Å². The van der Waals surface area contributed by atoms with E-state index >= 15 is 0 Å². The SMILES string of the molecule is COCC(C)NS(=O)(=O)c1cc(C(=O)O)ccc1OC. The molecule has 20 heavy (non-hydrogen) atoms. The van der Waals surface area contributed by atoms with Gasteiger partial charge < -0.3 is 14.6 Å². The first-order chi connectivity index (χ1) is 9.31. The number of ether oxygens (including phenoxy) is 2. The lowest BCUT2D eigenvalue weighted by Gasteiger charge is -2.15. The Labute approximate surface area is 117 Å². The third kappa shape index (κ3) is 3.92. The molecule has 7 nitrogen and oxygen atoms in total. The second kappa shape index (κ2) is 6.69. The molecule has 1 unspecified atom stereocenters. The molecule has 0 aliphatic rings. The van der Waals surface area contributed by atoms with Crippen LogP contribution in [0.4, 0.5) is 0 Å². The first-order valence-corrected chi connectivity index (χ1v) is 7.22. The maximum Gasteiger partial charge on any atom is 0.335 e. The zero-order valence-corrected chi connectivity index (χ0v) is 12.2. The Kier molecular flexibility index (Phi) is 5.49. The fourth-order valence-corrected chi connectivity index (χ4v) is 3.06. The molecule has 0 saturated carbocycles. The summed E-state index contributed by atoms with van der Waals surface area (Å²) in [5.74, 6) is -1.14. The molecule has 0 spiro atoms. The molecule has 0 radical (unpaired) electrons. The van der Waals surface area contributed by atoms with Crippen molar-refractivity contribution < 1.29 is 27.8 Å². The average molecular weight is 303 g/mol. The van der Waals surface area contributed by atoms with E-state index in [-0.39, 0.29) is 22.8 Å². The van der Waals surface area contributed by atoms with Gasteiger partial charge in [-0.3, -0.25) is 0 Å². The molecule has 112 valence electrons. The molecule has 0 fully saturated rings. The minimum absolute atomic E-state index is 0.0760. The van der Waals surface area contributed by atoms with Crippen LogP contribution >= 0.6 is 0 Å². The number of methoxy groups -OCH3 is 2. The maximum absolute atomic E-state index is 12.2. The largest absolute Gasteiger partial charge is 0.495 e. The second-order valence-corrected chi connectivity index (χ2v) is 5.83. The van der Waals surface area contributed by atoms with Crippen LogP contribution in [-0.4, -0.2) is 46.4 Å². The Balaban J connectivity index is 3.21. The number of carboxylic acids is 1. The number of sulfonamides is 1. The number of rotatable bonds is 7. The molecule has 0 heterocycles. The molecule has 0 aliphatic carbocycles. The third-order valence-electron chi connectivity index (χ3n) is 2.47. The van der Waals surface area contributed by atoms with Crippen LogP contribution in [0.15, 0.2) is 23.1 Å². The summed E-state index contributed by atoms with van der Waals surface area (Å²) in [5.41, 5.74) is -0.134. The van der Waals surface area contributed by atoms with E-state index in [0.29, 0.717) is 0 Å². The smallest absolute Gasteiger partial charge is 0.335 e. The Morgan fingerprint density at radius 2 is 2.05 bits per heavy atom. The van der Waals surface area contributed by atoms with Gasteiger partial charge in [0.1, 0.15) is 10.6 Å². The van der Waals surface area contributed by atoms with Crippen LogP contribution in [0.5, 0.6) is 5.75 Å². The normalized spacial score (nSPS) is 12.9. The zero-order valence-electron chi connectivity index (χ0n) is 11.4. The predicted molar refractivity (Wildman–Crippen MR) is 71.6 cm³/mol. The lowest BCUT2D eigenvalue weighted by atomic mass is 10.2. The zero-order chi connectivity index (χ0) is 15.3. The van der Waals surface area contributed by atoms with Crippen molar-refractivity contribution in [1.29, 1.82) is 0 Å². The first-order valence-electron chi connectivity index (χ1n) is 5.74. The van der Waals surface area contributed by atoms with Crippen LogP contribution in [-0.2, 0) is 14.8 Å². The highest BCUT2D eigenvalue weighted by Crippen LogP contribution is 2.25. The van der Waals surface area contributed by atoms with Crippen molar-refractivity contribution in [2.75, 3.05) is 20.8 Å². The molecule has 1 atom stereocenters. The molecule has 8 heteroatoms. The van der Waals surface area contributed by atoms with E-state index < -0.39 is 22.0 Å². The van der Waals surface area contributed by atoms with Gasteiger partial charge in [0.15, 0.2) is 0 Å². The summed E-state index contributed by atoms with van der Waals surface area (Å²) in [6, 6.07) is 3.18. The summed E-state index contributed by atoms with van der Waals surface area (Å²) >= 11 is 0. The molecule has 0 bridgehead atoms. The van der Waals surface area contributed by atoms with Crippen molar-refractivity contribution >= 4 is 16.0 Å². The van der Waals surface area contributed by atoms with Crippen molar-refractivity contribution in [3.05, 3.63) is 23.8 Å². The molecule has 1 rings (SSSR count). The highest BCUT2D eigenvalue weighted by atomic mass is 32.2. The molecule has 0 aromatic heterocycles. The fraction of sp³-hybridized carbons (Fsp3) is 0.417. The summed E-state index contributed by atoms with van der Waals surface area (Å²) in [4.78, 5) is 10.7. The molecule has 0 aliphatic heterocycles. The minimum atomic E-state index is -3.90. The lowest BCUT2D eigenvalue weighted by Crippen LogP contribution is -2.35. The van der Waals surface area contributed by atoms with Gasteiger partial charge in [-0.05, 0) is 25.1 Å². The van der Waals surface area contributed by atoms with E-state index in [9.17, 15) is 13.2 Å². The summed E-state index contributed by atoms with van der Waals surface area (Å²) in [6.45, 7) is 1.83. The first kappa shape index (κ1) is 16.4. The summed E-state index contributed by atoms with van der Waals surface area (Å²) in [7, 11) is -1.13. The van der Waals surface area contributed by atoms with Crippen molar-refractivity contribution in [3.63, 3.8) is 0 Å². The summed E-state index contributed by atoms with van der Waals surface area (Å²) in [6.07, 6.45) is 0. The van der Waals surface area contributed by atoms with Crippen LogP contribution in [0.25, 0.3) is 0 Å². The van der Waals surface area contributed by atoms with Crippen LogP contribution < -0.4 is 9.46 Å². The van der Waals surface area contributed by atoms with E-state index in [2.05, 4.69) is 4.72 Å². The van der Waals surface area contributed by atoms with Crippen molar-refractivity contribution in [2.24, 2.45) is 0 Å². The Hall–Kier alpha value is -1.64. The summed E-state index contributed by atoms with van der Waals surface area (Å²) in [5, 5.41) is 8.93. The van der Waals surface area contributed by atoms with Gasteiger partial charge in [-0.25, -0.2) is 17.9 Å². The maximum atomic E-state index is 12.2. The van der Waals surface area contributed by atoms with E-state index in [1.807, 2.05) is 0 Å². The number of nitrogens with one attached hydrogen (secondary N) is 1. The van der Waals surface area contributed by atoms with Gasteiger partial charge >= 0.3 is 5.97 Å². The van der Waals surface area contributed by atoms with Crippen LogP contribution in [0, 0.1) is 0 Å². The number of benzene rings is 1. The Bertz CT molecular complexity index is 584. The van der Waals surface area contributed by atoms with Gasteiger partial charge in [0.05, 0.1) is 19.3 Å². The predicted octanol–water partition coefficient (Wildman–Crippen LogP) is 0.707. The lowest BCUT2D eigenvalue weighted by molar-refractivity contribution is 0.0696. The van der Waals surface area contributed by atoms with Gasteiger partial charge in [-0.1, -0.05) is 0 Å². The molecule has 1 aromatic carbocycles. The monoisotopic (exact) mass is 303 g/mol. The Morgan fingerprint density at radius 1 is 1.40 bits per heavy atom. The Morgan fingerprint density at radius 3 is 2.55 bits per heavy atom. The summed E-state index contributed by atoms with van der Waals surface area (Å²) < 4.78 is 36.7. The second-order valence-electron chi connectivity index (χ2n) is 4.15. The third-order valence-corrected chi connectivity index (χ3v) is 4.08. The van der Waals surface area contributed by atoms with Crippen molar-refractivity contribution in [2.45, 2.75) is 17.9 Å². The highest BCUT2D eigenvalue weighted by molar-refractivity contribution is 7.89. The van der Waals surface area contributed by atoms with Gasteiger partial charge in [0.2, 0.25) is 10.0 Å². The van der Waals surface area contributed by atoms with Gasteiger partial charge in [-0.15, -0.1) is 0 Å². The molecule has 0 amide bonds. The van der Waals surface area contributed by atoms with E-state index in [4.69, 9.17) is 14.6 Å². The average Bonchev–Trinajstić information content (AvgIpc) is 2.37. The number of carboxylic acid groups (broad SMARTS) is 1. The fourth-order valence-electron chi connectivity index (χ4n) is 1.63. The van der Waals surface area contributed by atoms with Crippen LogP contribution in [0.3, 0.4) is 0 Å². The van der Waals surface area contributed by atoms with Crippen LogP contribution in [0.2, 0.25) is 0 Å². The van der Waals surface area contributed by atoms with Crippen LogP contribution in [0.1, 0.15) is 17.3 Å². The van der Waals surface area contributed by atoms with E-state index in [0.717, 1.165) is 6.07 Å². The van der Waals surface area contributed by atoms with Crippen molar-refractivity contribution in [3.8, 4) is 5.75 Å². The number of aromatic carboxylic acids is 1. The van der Waals surface area contributed by atoms with E-state index in [1.165, 1.54) is 26.4 Å². The highest BCUT2D eigenvalue weighted by Gasteiger charge is 2.23. The van der Waals surface area contributed by atoms with Gasteiger partial charge in [-0.2, -0.15) is 0 Å². The number of hydrogen-bond donors (Lipinski definition) is 2. The van der Waals surface area contributed by atoms with Crippen molar-refractivity contribution in [1.82, 2.24) is 4.72 Å². The quantitative estimate of drug-likeness (QED) is 0.769. The number of carbonyl (C=O) groups is 1. The molecular formula is C12H17NO6S. The standard InChI is InChI=1S/C12H17NO6S/c1-8(7-18-2)13-20(16,17)11-6-9(12(14)15)4-5-10(11)19-3/h4-6,8,13H,7H2,1-3H3,(H,14,15). The van der Waals surface area contributed by atoms with Gasteiger partial charge in [0, 0.05) is 13.2 Å². The van der Waals surface area contributed by atoms with Gasteiger partial charge in [0.25, 0.3) is 0 Å². The number of hydrogen-bond acceptors (Lipinski definition) is 5. The molecule has 2 N–H and O–H groups in total.